The number of hydrogen-bond acceptors (Lipinski definition) is 2. The zero-order valence-electron chi connectivity index (χ0n) is 13.1. The number of aromatic nitrogens is 2. The Morgan fingerprint density at radius 2 is 1.96 bits per heavy atom. The van der Waals surface area contributed by atoms with Gasteiger partial charge in [-0.3, -0.25) is 9.36 Å². The fraction of sp³-hybridized carbons (Fsp3) is 0.529. The minimum atomic E-state index is -0.996. The first-order chi connectivity index (χ1) is 11.0. The molecule has 122 valence electrons. The number of alkyl halides is 1. The molecule has 0 bridgehead atoms. The standard InChI is InChI=1S/C17H20FN3O2/c1-17(10-14(17)18)15(22)20-8-6-11(7-9-20)21-13-5-3-2-4-12(13)19-16(21)23/h2-5,11,14H,6-10H2,1H3,(H,19,23). The monoisotopic (exact) mass is 317 g/mol. The molecule has 2 atom stereocenters. The van der Waals surface area contributed by atoms with Crippen LogP contribution in [0.1, 0.15) is 32.2 Å². The highest BCUT2D eigenvalue weighted by molar-refractivity contribution is 5.86. The number of carbonyl (C=O) groups is 1. The molecule has 1 aromatic carbocycles. The Balaban J connectivity index is 1.52. The van der Waals surface area contributed by atoms with Crippen LogP contribution in [0.4, 0.5) is 4.39 Å². The first-order valence-electron chi connectivity index (χ1n) is 8.13. The molecule has 2 aliphatic rings. The highest BCUT2D eigenvalue weighted by atomic mass is 19.1. The summed E-state index contributed by atoms with van der Waals surface area (Å²) >= 11 is 0. The molecule has 4 rings (SSSR count). The van der Waals surface area contributed by atoms with Crippen molar-refractivity contribution in [3.63, 3.8) is 0 Å². The number of nitrogens with zero attached hydrogens (tertiary/aromatic N) is 2. The van der Waals surface area contributed by atoms with E-state index in [0.29, 0.717) is 19.5 Å². The van der Waals surface area contributed by atoms with Crippen LogP contribution in [0.25, 0.3) is 11.0 Å². The lowest BCUT2D eigenvalue weighted by molar-refractivity contribution is -0.138. The molecular formula is C17H20FN3O2. The lowest BCUT2D eigenvalue weighted by atomic mass is 10.0. The Kier molecular flexibility index (Phi) is 3.11. The van der Waals surface area contributed by atoms with Crippen molar-refractivity contribution in [1.29, 1.82) is 0 Å². The molecule has 5 nitrogen and oxygen atoms in total. The molecule has 1 N–H and O–H groups in total. The number of nitrogens with one attached hydrogen (secondary N) is 1. The van der Waals surface area contributed by atoms with Crippen LogP contribution < -0.4 is 5.69 Å². The van der Waals surface area contributed by atoms with E-state index in [1.807, 2.05) is 24.3 Å². The Morgan fingerprint density at radius 1 is 1.30 bits per heavy atom. The summed E-state index contributed by atoms with van der Waals surface area (Å²) in [5, 5.41) is 0. The quantitative estimate of drug-likeness (QED) is 0.923. The molecule has 0 radical (unpaired) electrons. The van der Waals surface area contributed by atoms with Gasteiger partial charge >= 0.3 is 5.69 Å². The number of halogens is 1. The number of para-hydroxylation sites is 2. The number of piperidine rings is 1. The second-order valence-corrected chi connectivity index (χ2v) is 6.93. The van der Waals surface area contributed by atoms with Crippen LogP contribution >= 0.6 is 0 Å². The predicted octanol–water partition coefficient (Wildman–Crippen LogP) is 2.24. The molecule has 2 unspecified atom stereocenters. The van der Waals surface area contributed by atoms with E-state index in [1.165, 1.54) is 0 Å². The van der Waals surface area contributed by atoms with Crippen molar-refractivity contribution in [2.45, 2.75) is 38.4 Å². The Labute approximate surface area is 133 Å². The lowest BCUT2D eigenvalue weighted by Crippen LogP contribution is -2.43. The Hall–Kier alpha value is -2.11. The van der Waals surface area contributed by atoms with Gasteiger partial charge < -0.3 is 9.88 Å². The van der Waals surface area contributed by atoms with Crippen LogP contribution in [-0.4, -0.2) is 39.6 Å². The van der Waals surface area contributed by atoms with Crippen molar-refractivity contribution in [2.24, 2.45) is 5.41 Å². The number of benzene rings is 1. The number of imidazole rings is 1. The maximum Gasteiger partial charge on any atom is 0.326 e. The van der Waals surface area contributed by atoms with Gasteiger partial charge in [-0.25, -0.2) is 9.18 Å². The summed E-state index contributed by atoms with van der Waals surface area (Å²) in [6.07, 6.45) is 0.790. The summed E-state index contributed by atoms with van der Waals surface area (Å²) in [6, 6.07) is 7.72. The van der Waals surface area contributed by atoms with Crippen molar-refractivity contribution in [3.05, 3.63) is 34.7 Å². The molecule has 1 aliphatic heterocycles. The van der Waals surface area contributed by atoms with E-state index in [1.54, 1.807) is 16.4 Å². The van der Waals surface area contributed by atoms with Crippen LogP contribution in [0.5, 0.6) is 0 Å². The number of likely N-dealkylation sites (tertiary alicyclic amines) is 1. The van der Waals surface area contributed by atoms with Crippen molar-refractivity contribution >= 4 is 16.9 Å². The van der Waals surface area contributed by atoms with E-state index in [0.717, 1.165) is 23.9 Å². The highest BCUT2D eigenvalue weighted by Crippen LogP contribution is 2.50. The SMILES string of the molecule is CC1(C(=O)N2CCC(n3c(=O)[nH]c4ccccc43)CC2)CC1F. The minimum Gasteiger partial charge on any atom is -0.342 e. The summed E-state index contributed by atoms with van der Waals surface area (Å²) in [5.74, 6) is -0.0743. The fourth-order valence-corrected chi connectivity index (χ4v) is 3.66. The smallest absolute Gasteiger partial charge is 0.326 e. The van der Waals surface area contributed by atoms with Gasteiger partial charge in [0.05, 0.1) is 16.4 Å². The summed E-state index contributed by atoms with van der Waals surface area (Å²) in [6.45, 7) is 2.87. The Bertz CT molecular complexity index is 819. The highest BCUT2D eigenvalue weighted by Gasteiger charge is 2.58. The van der Waals surface area contributed by atoms with Gasteiger partial charge in [0.2, 0.25) is 5.91 Å². The lowest BCUT2D eigenvalue weighted by Gasteiger charge is -2.34. The van der Waals surface area contributed by atoms with Crippen LogP contribution in [0.3, 0.4) is 0 Å². The predicted molar refractivity (Wildman–Crippen MR) is 85.0 cm³/mol. The van der Waals surface area contributed by atoms with Crippen molar-refractivity contribution in [1.82, 2.24) is 14.5 Å². The molecule has 2 aromatic rings. The number of fused-ring (bicyclic) bond motifs is 1. The van der Waals surface area contributed by atoms with E-state index < -0.39 is 11.6 Å². The van der Waals surface area contributed by atoms with Gasteiger partial charge in [0, 0.05) is 19.1 Å². The Morgan fingerprint density at radius 3 is 2.61 bits per heavy atom. The van der Waals surface area contributed by atoms with Gasteiger partial charge in [-0.1, -0.05) is 12.1 Å². The van der Waals surface area contributed by atoms with Crippen LogP contribution in [-0.2, 0) is 4.79 Å². The van der Waals surface area contributed by atoms with Gasteiger partial charge in [0.1, 0.15) is 6.17 Å². The largest absolute Gasteiger partial charge is 0.342 e. The topological polar surface area (TPSA) is 58.1 Å². The first kappa shape index (κ1) is 14.5. The van der Waals surface area contributed by atoms with Gasteiger partial charge in [-0.15, -0.1) is 0 Å². The fourth-order valence-electron chi connectivity index (χ4n) is 3.66. The van der Waals surface area contributed by atoms with Crippen LogP contribution in [0.15, 0.2) is 29.1 Å². The van der Waals surface area contributed by atoms with Crippen LogP contribution in [0, 0.1) is 5.41 Å². The van der Waals surface area contributed by atoms with Crippen molar-refractivity contribution in [3.8, 4) is 0 Å². The van der Waals surface area contributed by atoms with Crippen molar-refractivity contribution in [2.75, 3.05) is 13.1 Å². The molecular weight excluding hydrogens is 297 g/mol. The first-order valence-corrected chi connectivity index (χ1v) is 8.13. The number of amides is 1. The zero-order valence-corrected chi connectivity index (χ0v) is 13.1. The molecule has 1 aliphatic carbocycles. The van der Waals surface area contributed by atoms with E-state index in [4.69, 9.17) is 0 Å². The van der Waals surface area contributed by atoms with E-state index >= 15 is 0 Å². The van der Waals surface area contributed by atoms with Gasteiger partial charge in [-0.2, -0.15) is 0 Å². The van der Waals surface area contributed by atoms with Gasteiger partial charge in [0.25, 0.3) is 0 Å². The average molecular weight is 317 g/mol. The third-order valence-corrected chi connectivity index (χ3v) is 5.36. The normalized spacial score (nSPS) is 28.3. The molecule has 2 heterocycles. The van der Waals surface area contributed by atoms with Gasteiger partial charge in [0.15, 0.2) is 0 Å². The zero-order chi connectivity index (χ0) is 16.2. The molecule has 1 saturated carbocycles. The summed E-state index contributed by atoms with van der Waals surface area (Å²) < 4.78 is 15.2. The summed E-state index contributed by atoms with van der Waals surface area (Å²) in [4.78, 5) is 29.3. The minimum absolute atomic E-state index is 0.0743. The summed E-state index contributed by atoms with van der Waals surface area (Å²) in [7, 11) is 0. The second-order valence-electron chi connectivity index (χ2n) is 6.93. The average Bonchev–Trinajstić information content (AvgIpc) is 3.03. The second kappa shape index (κ2) is 4.94. The molecule has 23 heavy (non-hydrogen) atoms. The molecule has 1 saturated heterocycles. The molecule has 0 spiro atoms. The number of H-pyrrole nitrogens is 1. The van der Waals surface area contributed by atoms with Gasteiger partial charge in [-0.05, 0) is 38.3 Å². The van der Waals surface area contributed by atoms with Crippen molar-refractivity contribution < 1.29 is 9.18 Å². The number of carbonyl (C=O) groups excluding carboxylic acids is 1. The maximum atomic E-state index is 13.4. The third-order valence-electron chi connectivity index (χ3n) is 5.36. The van der Waals surface area contributed by atoms with E-state index in [9.17, 15) is 14.0 Å². The molecule has 2 fully saturated rings. The molecule has 1 amide bonds. The number of hydrogen-bond donors (Lipinski definition) is 1. The molecule has 1 aromatic heterocycles. The van der Waals surface area contributed by atoms with E-state index in [-0.39, 0.29) is 17.6 Å². The maximum absolute atomic E-state index is 13.4. The number of aromatic amines is 1. The molecule has 6 heteroatoms. The van der Waals surface area contributed by atoms with E-state index in [2.05, 4.69) is 4.98 Å². The summed E-state index contributed by atoms with van der Waals surface area (Å²) in [5.41, 5.74) is 0.834. The van der Waals surface area contributed by atoms with Crippen LogP contribution in [0.2, 0.25) is 0 Å². The number of rotatable bonds is 2. The third kappa shape index (κ3) is 2.19.